The number of carbonyl (C=O) groups is 1. The molecule has 0 fully saturated rings. The van der Waals surface area contributed by atoms with Gasteiger partial charge in [0.25, 0.3) is 5.56 Å². The highest BCUT2D eigenvalue weighted by molar-refractivity contribution is 5.88. The van der Waals surface area contributed by atoms with Gasteiger partial charge in [-0.2, -0.15) is 10.1 Å². The second kappa shape index (κ2) is 7.22. The molecule has 0 unspecified atom stereocenters. The summed E-state index contributed by atoms with van der Waals surface area (Å²) >= 11 is 0. The van der Waals surface area contributed by atoms with Crippen LogP contribution in [0.3, 0.4) is 0 Å². The number of nitrogens with zero attached hydrogens (tertiary/aromatic N) is 3. The minimum absolute atomic E-state index is 0.0932. The molecule has 0 aliphatic carbocycles. The first-order chi connectivity index (χ1) is 12.7. The third-order valence-corrected chi connectivity index (χ3v) is 4.05. The van der Waals surface area contributed by atoms with Crippen molar-refractivity contribution in [2.24, 2.45) is 0 Å². The molecule has 0 radical (unpaired) electrons. The van der Waals surface area contributed by atoms with Gasteiger partial charge in [-0.1, -0.05) is 12.1 Å². The lowest BCUT2D eigenvalue weighted by Crippen LogP contribution is -2.24. The van der Waals surface area contributed by atoms with Gasteiger partial charge in [0.1, 0.15) is 5.39 Å². The molecular weight excluding hydrogens is 344 g/mol. The van der Waals surface area contributed by atoms with Gasteiger partial charge in [-0.05, 0) is 44.9 Å². The summed E-state index contributed by atoms with van der Waals surface area (Å²) in [7, 11) is 0. The molecule has 0 saturated heterocycles. The van der Waals surface area contributed by atoms with Gasteiger partial charge in [0.15, 0.2) is 5.65 Å². The average Bonchev–Trinajstić information content (AvgIpc) is 3.01. The van der Waals surface area contributed by atoms with Crippen molar-refractivity contribution in [1.29, 1.82) is 0 Å². The van der Waals surface area contributed by atoms with E-state index in [0.717, 1.165) is 17.7 Å². The fourth-order valence-corrected chi connectivity index (χ4v) is 2.78. The van der Waals surface area contributed by atoms with Crippen LogP contribution in [0.25, 0.3) is 11.0 Å². The van der Waals surface area contributed by atoms with Gasteiger partial charge in [-0.3, -0.25) is 14.6 Å². The summed E-state index contributed by atoms with van der Waals surface area (Å²) in [5, 5.41) is 10.7. The summed E-state index contributed by atoms with van der Waals surface area (Å²) in [4.78, 5) is 30.6. The van der Waals surface area contributed by atoms with Crippen molar-refractivity contribution in [3.8, 4) is 0 Å². The van der Waals surface area contributed by atoms with Gasteiger partial charge in [0.05, 0.1) is 11.7 Å². The highest BCUT2D eigenvalue weighted by atomic mass is 16.1. The Hall–Kier alpha value is -3.16. The molecule has 3 aromatic rings. The monoisotopic (exact) mass is 368 g/mol. The molecule has 0 aliphatic rings. The van der Waals surface area contributed by atoms with Gasteiger partial charge in [0.2, 0.25) is 11.9 Å². The number of H-pyrrole nitrogens is 1. The van der Waals surface area contributed by atoms with E-state index in [2.05, 4.69) is 25.7 Å². The fourth-order valence-electron chi connectivity index (χ4n) is 2.78. The molecular formula is C19H24N6O2. The molecule has 8 heteroatoms. The van der Waals surface area contributed by atoms with Crippen molar-refractivity contribution in [3.05, 3.63) is 46.4 Å². The van der Waals surface area contributed by atoms with Crippen LogP contribution in [0.2, 0.25) is 0 Å². The molecule has 27 heavy (non-hydrogen) atoms. The summed E-state index contributed by atoms with van der Waals surface area (Å²) in [5.41, 5.74) is 1.96. The van der Waals surface area contributed by atoms with E-state index in [-0.39, 0.29) is 17.0 Å². The predicted molar refractivity (Wildman–Crippen MR) is 106 cm³/mol. The number of rotatable bonds is 5. The van der Waals surface area contributed by atoms with E-state index >= 15 is 0 Å². The lowest BCUT2D eigenvalue weighted by atomic mass is 10.1. The van der Waals surface area contributed by atoms with E-state index in [0.29, 0.717) is 23.5 Å². The molecule has 0 aliphatic heterocycles. The number of hydrogen-bond donors (Lipinski definition) is 3. The molecule has 142 valence electrons. The number of aromatic nitrogens is 4. The zero-order valence-corrected chi connectivity index (χ0v) is 16.0. The largest absolute Gasteiger partial charge is 0.355 e. The van der Waals surface area contributed by atoms with Crippen LogP contribution in [-0.4, -0.2) is 32.2 Å². The van der Waals surface area contributed by atoms with Gasteiger partial charge in [0, 0.05) is 19.2 Å². The number of benzene rings is 1. The number of nitrogens with one attached hydrogen (secondary N) is 3. The quantitative estimate of drug-likeness (QED) is 0.642. The summed E-state index contributed by atoms with van der Waals surface area (Å²) in [6.07, 6.45) is 2.30. The third-order valence-electron chi connectivity index (χ3n) is 4.05. The summed E-state index contributed by atoms with van der Waals surface area (Å²) < 4.78 is 1.75. The van der Waals surface area contributed by atoms with Gasteiger partial charge in [-0.15, -0.1) is 0 Å². The Labute approximate surface area is 157 Å². The molecule has 3 rings (SSSR count). The van der Waals surface area contributed by atoms with Crippen LogP contribution in [0.5, 0.6) is 0 Å². The van der Waals surface area contributed by atoms with Crippen molar-refractivity contribution < 1.29 is 4.79 Å². The SMILES string of the molecule is CC(=O)Nc1ccc(CCNc2nc3c(cnn3C(C)(C)C)c(=O)[nH]2)cc1. The van der Waals surface area contributed by atoms with E-state index in [4.69, 9.17) is 0 Å². The zero-order chi connectivity index (χ0) is 19.6. The molecule has 1 aromatic carbocycles. The fraction of sp³-hybridized carbons (Fsp3) is 0.368. The lowest BCUT2D eigenvalue weighted by molar-refractivity contribution is -0.114. The standard InChI is InChI=1S/C19H24N6O2/c1-12(26)22-14-7-5-13(6-8-14)9-10-20-18-23-16-15(17(27)24-18)11-21-25(16)19(2,3)4/h5-8,11H,9-10H2,1-4H3,(H,22,26)(H2,20,23,24,27). The van der Waals surface area contributed by atoms with Crippen LogP contribution in [0.4, 0.5) is 11.6 Å². The maximum absolute atomic E-state index is 12.3. The van der Waals surface area contributed by atoms with Gasteiger partial charge < -0.3 is 10.6 Å². The Morgan fingerprint density at radius 2 is 1.93 bits per heavy atom. The van der Waals surface area contributed by atoms with Gasteiger partial charge in [-0.25, -0.2) is 4.68 Å². The summed E-state index contributed by atoms with van der Waals surface area (Å²) in [6.45, 7) is 8.13. The third kappa shape index (κ3) is 4.33. The Balaban J connectivity index is 1.70. The number of carbonyl (C=O) groups excluding carboxylic acids is 1. The van der Waals surface area contributed by atoms with E-state index < -0.39 is 0 Å². The van der Waals surface area contributed by atoms with E-state index in [1.165, 1.54) is 6.92 Å². The highest BCUT2D eigenvalue weighted by Crippen LogP contribution is 2.18. The number of fused-ring (bicyclic) bond motifs is 1. The number of aromatic amines is 1. The Morgan fingerprint density at radius 3 is 2.56 bits per heavy atom. The van der Waals surface area contributed by atoms with E-state index in [1.807, 2.05) is 45.0 Å². The van der Waals surface area contributed by atoms with E-state index in [1.54, 1.807) is 10.9 Å². The van der Waals surface area contributed by atoms with Crippen molar-refractivity contribution in [1.82, 2.24) is 19.7 Å². The van der Waals surface area contributed by atoms with Crippen LogP contribution in [0.15, 0.2) is 35.3 Å². The second-order valence-electron chi connectivity index (χ2n) is 7.43. The zero-order valence-electron chi connectivity index (χ0n) is 16.0. The van der Waals surface area contributed by atoms with Crippen LogP contribution in [-0.2, 0) is 16.8 Å². The van der Waals surface area contributed by atoms with Crippen molar-refractivity contribution in [3.63, 3.8) is 0 Å². The normalized spacial score (nSPS) is 11.6. The molecule has 3 N–H and O–H groups in total. The van der Waals surface area contributed by atoms with E-state index in [9.17, 15) is 9.59 Å². The highest BCUT2D eigenvalue weighted by Gasteiger charge is 2.19. The number of anilines is 2. The smallest absolute Gasteiger partial charge is 0.263 e. The topological polar surface area (TPSA) is 105 Å². The molecule has 0 atom stereocenters. The second-order valence-corrected chi connectivity index (χ2v) is 7.43. The molecule has 0 spiro atoms. The van der Waals surface area contributed by atoms with Crippen molar-refractivity contribution >= 4 is 28.6 Å². The molecule has 2 heterocycles. The summed E-state index contributed by atoms with van der Waals surface area (Å²) in [6, 6.07) is 7.65. The minimum atomic E-state index is -0.268. The predicted octanol–water partition coefficient (Wildman–Crippen LogP) is 2.49. The van der Waals surface area contributed by atoms with Gasteiger partial charge >= 0.3 is 0 Å². The first-order valence-corrected chi connectivity index (χ1v) is 8.83. The molecule has 0 bridgehead atoms. The molecule has 8 nitrogen and oxygen atoms in total. The average molecular weight is 368 g/mol. The Kier molecular flexibility index (Phi) is 4.98. The first kappa shape index (κ1) is 18.6. The molecule has 2 aromatic heterocycles. The minimum Gasteiger partial charge on any atom is -0.355 e. The molecule has 0 saturated carbocycles. The maximum Gasteiger partial charge on any atom is 0.263 e. The van der Waals surface area contributed by atoms with Crippen LogP contribution in [0.1, 0.15) is 33.3 Å². The van der Waals surface area contributed by atoms with Crippen LogP contribution >= 0.6 is 0 Å². The lowest BCUT2D eigenvalue weighted by Gasteiger charge is -2.19. The Morgan fingerprint density at radius 1 is 1.22 bits per heavy atom. The summed E-state index contributed by atoms with van der Waals surface area (Å²) in [5.74, 6) is 0.331. The van der Waals surface area contributed by atoms with Crippen molar-refractivity contribution in [2.75, 3.05) is 17.2 Å². The number of hydrogen-bond acceptors (Lipinski definition) is 5. The Bertz CT molecular complexity index is 1010. The first-order valence-electron chi connectivity index (χ1n) is 8.83. The van der Waals surface area contributed by atoms with Crippen LogP contribution in [0, 0.1) is 0 Å². The van der Waals surface area contributed by atoms with Crippen molar-refractivity contribution in [2.45, 2.75) is 39.7 Å². The van der Waals surface area contributed by atoms with Crippen LogP contribution < -0.4 is 16.2 Å². The maximum atomic E-state index is 12.3. The number of amides is 1. The molecule has 1 amide bonds.